The summed E-state index contributed by atoms with van der Waals surface area (Å²) >= 11 is 1.11. The molecule has 0 spiro atoms. The number of hydrogen-bond acceptors (Lipinski definition) is 4. The third-order valence-electron chi connectivity index (χ3n) is 4.08. The Hall–Kier alpha value is -1.83. The van der Waals surface area contributed by atoms with Crippen molar-refractivity contribution < 1.29 is 13.2 Å². The zero-order valence-electron chi connectivity index (χ0n) is 13.0. The van der Waals surface area contributed by atoms with Gasteiger partial charge < -0.3 is 4.98 Å². The van der Waals surface area contributed by atoms with Crippen molar-refractivity contribution >= 4 is 11.8 Å². The highest BCUT2D eigenvalue weighted by Gasteiger charge is 2.36. The van der Waals surface area contributed by atoms with Gasteiger partial charge in [-0.3, -0.25) is 9.78 Å². The zero-order chi connectivity index (χ0) is 17.3. The van der Waals surface area contributed by atoms with Crippen molar-refractivity contribution in [2.75, 3.05) is 0 Å². The van der Waals surface area contributed by atoms with Crippen LogP contribution >= 0.6 is 11.8 Å². The number of halogens is 3. The monoisotopic (exact) mass is 355 g/mol. The lowest BCUT2D eigenvalue weighted by Crippen LogP contribution is -2.16. The Morgan fingerprint density at radius 1 is 1.33 bits per heavy atom. The van der Waals surface area contributed by atoms with Crippen LogP contribution < -0.4 is 5.56 Å². The van der Waals surface area contributed by atoms with Crippen molar-refractivity contribution in [3.63, 3.8) is 0 Å². The average molecular weight is 355 g/mol. The first-order valence-electron chi connectivity index (χ1n) is 7.69. The van der Waals surface area contributed by atoms with Gasteiger partial charge in [-0.25, -0.2) is 4.98 Å². The molecule has 1 aliphatic carbocycles. The normalized spacial score (nSPS) is 14.0. The van der Waals surface area contributed by atoms with Crippen molar-refractivity contribution in [3.05, 3.63) is 50.7 Å². The molecule has 24 heavy (non-hydrogen) atoms. The highest BCUT2D eigenvalue weighted by molar-refractivity contribution is 7.98. The number of rotatable bonds is 4. The molecule has 8 heteroatoms. The Labute approximate surface area is 140 Å². The van der Waals surface area contributed by atoms with E-state index in [1.807, 2.05) is 0 Å². The summed E-state index contributed by atoms with van der Waals surface area (Å²) in [5.74, 6) is 0.0631. The van der Waals surface area contributed by atoms with Gasteiger partial charge in [0, 0.05) is 17.5 Å². The van der Waals surface area contributed by atoms with E-state index in [0.717, 1.165) is 30.3 Å². The molecular formula is C16H16F3N3OS. The number of nitrogens with one attached hydrogen (secondary N) is 1. The molecule has 0 radical (unpaired) electrons. The Morgan fingerprint density at radius 3 is 2.83 bits per heavy atom. The summed E-state index contributed by atoms with van der Waals surface area (Å²) in [6, 6.07) is 1.60. The van der Waals surface area contributed by atoms with Gasteiger partial charge in [-0.05, 0) is 42.9 Å². The minimum absolute atomic E-state index is 0.0631. The number of nitrogens with zero attached hydrogens (tertiary/aromatic N) is 2. The minimum atomic E-state index is -4.50. The highest BCUT2D eigenvalue weighted by Crippen LogP contribution is 2.34. The molecule has 1 N–H and O–H groups in total. The number of aromatic amines is 1. The molecule has 0 atom stereocenters. The van der Waals surface area contributed by atoms with E-state index in [-0.39, 0.29) is 16.9 Å². The molecule has 4 nitrogen and oxygen atoms in total. The Balaban J connectivity index is 1.90. The number of thioether (sulfide) groups is 1. The van der Waals surface area contributed by atoms with Gasteiger partial charge in [-0.1, -0.05) is 18.7 Å². The van der Waals surface area contributed by atoms with E-state index < -0.39 is 11.9 Å². The van der Waals surface area contributed by atoms with Crippen LogP contribution in [0.15, 0.2) is 22.2 Å². The molecule has 3 rings (SSSR count). The van der Waals surface area contributed by atoms with Crippen LogP contribution in [-0.4, -0.2) is 15.0 Å². The largest absolute Gasteiger partial charge is 0.433 e. The van der Waals surface area contributed by atoms with Gasteiger partial charge in [0.15, 0.2) is 5.16 Å². The maximum Gasteiger partial charge on any atom is 0.433 e. The fourth-order valence-corrected chi connectivity index (χ4v) is 3.84. The van der Waals surface area contributed by atoms with Crippen LogP contribution in [0.1, 0.15) is 41.4 Å². The third kappa shape index (κ3) is 3.33. The highest BCUT2D eigenvalue weighted by atomic mass is 32.2. The van der Waals surface area contributed by atoms with Crippen molar-refractivity contribution in [3.8, 4) is 0 Å². The smallest absolute Gasteiger partial charge is 0.301 e. The van der Waals surface area contributed by atoms with Crippen LogP contribution in [0, 0.1) is 0 Å². The Bertz CT molecular complexity index is 817. The maximum atomic E-state index is 13.2. The van der Waals surface area contributed by atoms with Crippen LogP contribution in [-0.2, 0) is 31.2 Å². The molecule has 0 saturated carbocycles. The van der Waals surface area contributed by atoms with Gasteiger partial charge in [0.25, 0.3) is 5.56 Å². The molecule has 0 aliphatic heterocycles. The number of aromatic nitrogens is 3. The van der Waals surface area contributed by atoms with Gasteiger partial charge >= 0.3 is 6.18 Å². The summed E-state index contributed by atoms with van der Waals surface area (Å²) in [5, 5.41) is 0.361. The van der Waals surface area contributed by atoms with Crippen molar-refractivity contribution in [2.45, 2.75) is 49.7 Å². The molecule has 0 bridgehead atoms. The van der Waals surface area contributed by atoms with Crippen molar-refractivity contribution in [1.29, 1.82) is 0 Å². The SMILES string of the molecule is CCc1ccnc(C(F)(F)F)c1CSc1nc2c(c(=O)[nH]1)CCC2. The van der Waals surface area contributed by atoms with Crippen LogP contribution in [0.3, 0.4) is 0 Å². The predicted molar refractivity (Wildman–Crippen MR) is 85.1 cm³/mol. The third-order valence-corrected chi connectivity index (χ3v) is 4.98. The first-order chi connectivity index (χ1) is 11.4. The molecule has 0 amide bonds. The van der Waals surface area contributed by atoms with Crippen molar-refractivity contribution in [2.24, 2.45) is 0 Å². The number of fused-ring (bicyclic) bond motifs is 1. The lowest BCUT2D eigenvalue weighted by Gasteiger charge is -2.14. The van der Waals surface area contributed by atoms with Crippen LogP contribution in [0.2, 0.25) is 0 Å². The van der Waals surface area contributed by atoms with E-state index in [9.17, 15) is 18.0 Å². The van der Waals surface area contributed by atoms with E-state index in [4.69, 9.17) is 0 Å². The van der Waals surface area contributed by atoms with Gasteiger partial charge in [-0.15, -0.1) is 0 Å². The second-order valence-electron chi connectivity index (χ2n) is 5.59. The number of pyridine rings is 1. The van der Waals surface area contributed by atoms with Crippen molar-refractivity contribution in [1.82, 2.24) is 15.0 Å². The topological polar surface area (TPSA) is 58.6 Å². The maximum absolute atomic E-state index is 13.2. The van der Waals surface area contributed by atoms with E-state index in [1.165, 1.54) is 6.20 Å². The summed E-state index contributed by atoms with van der Waals surface area (Å²) in [7, 11) is 0. The fraction of sp³-hybridized carbons (Fsp3) is 0.438. The summed E-state index contributed by atoms with van der Waals surface area (Å²) in [4.78, 5) is 22.6. The average Bonchev–Trinajstić information content (AvgIpc) is 3.00. The molecule has 2 aromatic heterocycles. The molecule has 2 heterocycles. The number of hydrogen-bond donors (Lipinski definition) is 1. The fourth-order valence-electron chi connectivity index (χ4n) is 2.90. The lowest BCUT2D eigenvalue weighted by molar-refractivity contribution is -0.141. The molecule has 2 aromatic rings. The summed E-state index contributed by atoms with van der Waals surface area (Å²) in [5.41, 5.74) is 1.18. The van der Waals surface area contributed by atoms with Crippen LogP contribution in [0.5, 0.6) is 0 Å². The van der Waals surface area contributed by atoms with Crippen LogP contribution in [0.4, 0.5) is 13.2 Å². The minimum Gasteiger partial charge on any atom is -0.301 e. The van der Waals surface area contributed by atoms with Crippen LogP contribution in [0.25, 0.3) is 0 Å². The zero-order valence-corrected chi connectivity index (χ0v) is 13.9. The van der Waals surface area contributed by atoms with Gasteiger partial charge in [0.05, 0.1) is 5.69 Å². The van der Waals surface area contributed by atoms with Gasteiger partial charge in [-0.2, -0.15) is 13.2 Å². The summed E-state index contributed by atoms with van der Waals surface area (Å²) in [6.07, 6.45) is -0.488. The quantitative estimate of drug-likeness (QED) is 0.673. The van der Waals surface area contributed by atoms with E-state index in [2.05, 4.69) is 15.0 Å². The van der Waals surface area contributed by atoms with E-state index in [0.29, 0.717) is 29.1 Å². The predicted octanol–water partition coefficient (Wildman–Crippen LogP) is 3.53. The van der Waals surface area contributed by atoms with Gasteiger partial charge in [0.1, 0.15) is 5.69 Å². The molecular weight excluding hydrogens is 339 g/mol. The first kappa shape index (κ1) is 17.0. The lowest BCUT2D eigenvalue weighted by atomic mass is 10.1. The second kappa shape index (κ2) is 6.58. The van der Waals surface area contributed by atoms with E-state index in [1.54, 1.807) is 13.0 Å². The Morgan fingerprint density at radius 2 is 2.12 bits per heavy atom. The number of aryl methyl sites for hydroxylation is 2. The second-order valence-corrected chi connectivity index (χ2v) is 6.55. The molecule has 0 unspecified atom stereocenters. The molecule has 0 aromatic carbocycles. The standard InChI is InChI=1S/C16H16F3N3OS/c1-2-9-6-7-20-13(16(17,18)19)11(9)8-24-15-21-12-5-3-4-10(12)14(23)22-15/h6-7H,2-5,8H2,1H3,(H,21,22,23). The molecule has 128 valence electrons. The summed E-state index contributed by atoms with van der Waals surface area (Å²) in [6.45, 7) is 1.80. The number of H-pyrrole nitrogens is 1. The number of alkyl halides is 3. The Kier molecular flexibility index (Phi) is 4.67. The molecule has 0 fully saturated rings. The molecule has 0 saturated heterocycles. The van der Waals surface area contributed by atoms with Gasteiger partial charge in [0.2, 0.25) is 0 Å². The van der Waals surface area contributed by atoms with E-state index >= 15 is 0 Å². The molecule has 1 aliphatic rings. The summed E-state index contributed by atoms with van der Waals surface area (Å²) < 4.78 is 39.6. The first-order valence-corrected chi connectivity index (χ1v) is 8.67.